The highest BCUT2D eigenvalue weighted by atomic mass is 16.6. The number of carbonyl (C=O) groups excluding carboxylic acids is 1. The molecule has 0 N–H and O–H groups in total. The lowest BCUT2D eigenvalue weighted by Crippen LogP contribution is -2.11. The van der Waals surface area contributed by atoms with Gasteiger partial charge in [0.05, 0.1) is 18.5 Å². The molecule has 0 saturated carbocycles. The minimum atomic E-state index is -0.489. The number of hydrogen-bond donors (Lipinski definition) is 0. The lowest BCUT2D eigenvalue weighted by molar-refractivity contribution is -0.384. The molecule has 2 rings (SSSR count). The smallest absolute Gasteiger partial charge is 0.315 e. The highest BCUT2D eigenvalue weighted by molar-refractivity contribution is 5.76. The van der Waals surface area contributed by atoms with Crippen molar-refractivity contribution in [1.29, 1.82) is 0 Å². The van der Waals surface area contributed by atoms with Crippen LogP contribution in [0.25, 0.3) is 0 Å². The van der Waals surface area contributed by atoms with Gasteiger partial charge in [-0.05, 0) is 17.7 Å². The summed E-state index contributed by atoms with van der Waals surface area (Å²) < 4.78 is 10.3. The highest BCUT2D eigenvalue weighted by Crippen LogP contribution is 2.26. The van der Waals surface area contributed by atoms with Crippen molar-refractivity contribution < 1.29 is 19.2 Å². The second kappa shape index (κ2) is 6.51. The van der Waals surface area contributed by atoms with Crippen molar-refractivity contribution in [1.82, 2.24) is 0 Å². The molecule has 6 nitrogen and oxygen atoms in total. The first-order chi connectivity index (χ1) is 10.1. The molecular formula is C15H13NO5. The number of esters is 1. The molecule has 2 aromatic carbocycles. The van der Waals surface area contributed by atoms with E-state index in [4.69, 9.17) is 9.47 Å². The van der Waals surface area contributed by atoms with Crippen molar-refractivity contribution >= 4 is 11.7 Å². The molecule has 0 aliphatic rings. The number of nitro groups is 1. The van der Waals surface area contributed by atoms with Crippen LogP contribution in [0.15, 0.2) is 48.5 Å². The van der Waals surface area contributed by atoms with Gasteiger partial charge in [0.25, 0.3) is 5.69 Å². The molecule has 6 heteroatoms. The molecule has 0 unspecified atom stereocenters. The summed E-state index contributed by atoms with van der Waals surface area (Å²) in [6.45, 7) is 0. The van der Waals surface area contributed by atoms with E-state index in [1.54, 1.807) is 24.3 Å². The number of ether oxygens (including phenoxy) is 2. The Morgan fingerprint density at radius 3 is 2.29 bits per heavy atom. The van der Waals surface area contributed by atoms with E-state index in [-0.39, 0.29) is 12.1 Å². The van der Waals surface area contributed by atoms with Crippen LogP contribution in [0.5, 0.6) is 11.5 Å². The van der Waals surface area contributed by atoms with Crippen LogP contribution in [0, 0.1) is 10.1 Å². The van der Waals surface area contributed by atoms with Gasteiger partial charge in [-0.25, -0.2) is 0 Å². The van der Waals surface area contributed by atoms with Crippen molar-refractivity contribution in [2.45, 2.75) is 6.42 Å². The molecule has 0 spiro atoms. The molecular weight excluding hydrogens is 274 g/mol. The normalized spacial score (nSPS) is 9.95. The van der Waals surface area contributed by atoms with Crippen LogP contribution in [0.2, 0.25) is 0 Å². The fourth-order valence-electron chi connectivity index (χ4n) is 1.76. The highest BCUT2D eigenvalue weighted by Gasteiger charge is 2.11. The van der Waals surface area contributed by atoms with E-state index in [9.17, 15) is 14.9 Å². The molecule has 0 aromatic heterocycles. The minimum absolute atomic E-state index is 0.0168. The molecule has 108 valence electrons. The second-order valence-corrected chi connectivity index (χ2v) is 4.23. The number of hydrogen-bond acceptors (Lipinski definition) is 5. The summed E-state index contributed by atoms with van der Waals surface area (Å²) >= 11 is 0. The van der Waals surface area contributed by atoms with Gasteiger partial charge in [0.1, 0.15) is 0 Å². The Bertz CT molecular complexity index is 651. The van der Waals surface area contributed by atoms with Crippen LogP contribution in [0.1, 0.15) is 5.56 Å². The van der Waals surface area contributed by atoms with Gasteiger partial charge in [0.15, 0.2) is 11.5 Å². The molecule has 0 atom stereocenters. The van der Waals surface area contributed by atoms with Crippen molar-refractivity contribution in [3.8, 4) is 11.5 Å². The summed E-state index contributed by atoms with van der Waals surface area (Å²) in [5, 5.41) is 10.5. The van der Waals surface area contributed by atoms with Crippen LogP contribution >= 0.6 is 0 Å². The van der Waals surface area contributed by atoms with Gasteiger partial charge < -0.3 is 9.47 Å². The van der Waals surface area contributed by atoms with Crippen molar-refractivity contribution in [3.05, 3.63) is 64.2 Å². The maximum atomic E-state index is 11.9. The minimum Gasteiger partial charge on any atom is -0.493 e. The maximum Gasteiger partial charge on any atom is 0.315 e. The molecule has 0 aliphatic heterocycles. The van der Waals surface area contributed by atoms with E-state index >= 15 is 0 Å². The number of rotatable bonds is 5. The first-order valence-corrected chi connectivity index (χ1v) is 6.17. The van der Waals surface area contributed by atoms with Gasteiger partial charge >= 0.3 is 5.97 Å². The second-order valence-electron chi connectivity index (χ2n) is 4.23. The molecule has 21 heavy (non-hydrogen) atoms. The van der Waals surface area contributed by atoms with E-state index in [0.29, 0.717) is 17.1 Å². The van der Waals surface area contributed by atoms with Crippen molar-refractivity contribution in [3.63, 3.8) is 0 Å². The van der Waals surface area contributed by atoms with Crippen LogP contribution in [-0.4, -0.2) is 18.0 Å². The summed E-state index contributed by atoms with van der Waals surface area (Å²) in [5.41, 5.74) is 0.623. The third-order valence-electron chi connectivity index (χ3n) is 2.79. The van der Waals surface area contributed by atoms with Gasteiger partial charge in [-0.1, -0.05) is 24.3 Å². The number of benzene rings is 2. The lowest BCUT2D eigenvalue weighted by Gasteiger charge is -2.08. The van der Waals surface area contributed by atoms with E-state index < -0.39 is 10.9 Å². The summed E-state index contributed by atoms with van der Waals surface area (Å²) in [7, 11) is 1.49. The van der Waals surface area contributed by atoms with Crippen molar-refractivity contribution in [2.24, 2.45) is 0 Å². The predicted molar refractivity (Wildman–Crippen MR) is 75.4 cm³/mol. The molecule has 0 heterocycles. The zero-order valence-electron chi connectivity index (χ0n) is 11.3. The topological polar surface area (TPSA) is 78.7 Å². The molecule has 2 aromatic rings. The summed E-state index contributed by atoms with van der Waals surface area (Å²) in [6, 6.07) is 12.6. The van der Waals surface area contributed by atoms with Gasteiger partial charge in [0.2, 0.25) is 0 Å². The summed E-state index contributed by atoms with van der Waals surface area (Å²) in [5.74, 6) is 0.342. The van der Waals surface area contributed by atoms with Crippen LogP contribution in [0.4, 0.5) is 5.69 Å². The third kappa shape index (κ3) is 3.79. The largest absolute Gasteiger partial charge is 0.493 e. The standard InChI is InChI=1S/C15H13NO5/c1-20-13-4-2-3-5-14(13)21-15(17)10-11-6-8-12(9-7-11)16(18)19/h2-9H,10H2,1H3. The Hall–Kier alpha value is -2.89. The van der Waals surface area contributed by atoms with Crippen LogP contribution < -0.4 is 9.47 Å². The number of nitro benzene ring substituents is 1. The van der Waals surface area contributed by atoms with E-state index in [1.165, 1.54) is 31.4 Å². The lowest BCUT2D eigenvalue weighted by atomic mass is 10.1. The van der Waals surface area contributed by atoms with E-state index in [0.717, 1.165) is 0 Å². The molecule has 0 amide bonds. The fraction of sp³-hybridized carbons (Fsp3) is 0.133. The monoisotopic (exact) mass is 287 g/mol. The van der Waals surface area contributed by atoms with Gasteiger partial charge in [-0.2, -0.15) is 0 Å². The van der Waals surface area contributed by atoms with E-state index in [1.807, 2.05) is 0 Å². The SMILES string of the molecule is COc1ccccc1OC(=O)Cc1ccc([N+](=O)[O-])cc1. The summed E-state index contributed by atoms with van der Waals surface area (Å²) in [6.07, 6.45) is 0.0239. The van der Waals surface area contributed by atoms with Crippen LogP contribution in [-0.2, 0) is 11.2 Å². The Kier molecular flexibility index (Phi) is 4.50. The maximum absolute atomic E-state index is 11.9. The van der Waals surface area contributed by atoms with E-state index in [2.05, 4.69) is 0 Å². The van der Waals surface area contributed by atoms with Gasteiger partial charge in [-0.15, -0.1) is 0 Å². The Labute approximate surface area is 121 Å². The number of non-ortho nitro benzene ring substituents is 1. The molecule has 0 fully saturated rings. The Morgan fingerprint density at radius 2 is 1.71 bits per heavy atom. The average molecular weight is 287 g/mol. The predicted octanol–water partition coefficient (Wildman–Crippen LogP) is 2.75. The summed E-state index contributed by atoms with van der Waals surface area (Å²) in [4.78, 5) is 21.9. The van der Waals surface area contributed by atoms with Crippen molar-refractivity contribution in [2.75, 3.05) is 7.11 Å². The van der Waals surface area contributed by atoms with Crippen LogP contribution in [0.3, 0.4) is 0 Å². The quantitative estimate of drug-likeness (QED) is 0.365. The molecule has 0 bridgehead atoms. The zero-order chi connectivity index (χ0) is 15.2. The number of nitrogens with zero attached hydrogens (tertiary/aromatic N) is 1. The Balaban J connectivity index is 2.03. The number of methoxy groups -OCH3 is 1. The first-order valence-electron chi connectivity index (χ1n) is 6.17. The molecule has 0 saturated heterocycles. The van der Waals surface area contributed by atoms with Gasteiger partial charge in [-0.3, -0.25) is 14.9 Å². The molecule has 0 radical (unpaired) electrons. The fourth-order valence-corrected chi connectivity index (χ4v) is 1.76. The van der Waals surface area contributed by atoms with Gasteiger partial charge in [0, 0.05) is 12.1 Å². The third-order valence-corrected chi connectivity index (χ3v) is 2.79. The number of carbonyl (C=O) groups is 1. The average Bonchev–Trinajstić information content (AvgIpc) is 2.48. The Morgan fingerprint density at radius 1 is 1.10 bits per heavy atom. The number of para-hydroxylation sites is 2. The first kappa shape index (κ1) is 14.5. The zero-order valence-corrected chi connectivity index (χ0v) is 11.3. The molecule has 0 aliphatic carbocycles.